The van der Waals surface area contributed by atoms with E-state index in [2.05, 4.69) is 16.8 Å². The molecule has 8 nitrogen and oxygen atoms in total. The molecule has 2 atom stereocenters. The van der Waals surface area contributed by atoms with Crippen molar-refractivity contribution in [2.45, 2.75) is 32.5 Å². The molecule has 0 radical (unpaired) electrons. The molecule has 0 bridgehead atoms. The summed E-state index contributed by atoms with van der Waals surface area (Å²) >= 11 is 0. The Morgan fingerprint density at radius 1 is 1.00 bits per heavy atom. The molecule has 194 valence electrons. The third kappa shape index (κ3) is 5.14. The van der Waals surface area contributed by atoms with Crippen LogP contribution in [0.3, 0.4) is 0 Å². The number of Topliss-reactive ketones (excluding diaryl/α,β-unsaturated/α-hetero) is 1. The number of rotatable bonds is 5. The second-order valence-corrected chi connectivity index (χ2v) is 9.91. The fourth-order valence-corrected chi connectivity index (χ4v) is 5.15. The van der Waals surface area contributed by atoms with Gasteiger partial charge >= 0.3 is 0 Å². The van der Waals surface area contributed by atoms with Gasteiger partial charge in [-0.15, -0.1) is 0 Å². The first-order chi connectivity index (χ1) is 17.8. The first kappa shape index (κ1) is 25.1. The fourth-order valence-electron chi connectivity index (χ4n) is 5.15. The molecule has 2 aromatic carbocycles. The number of fused-ring (bicyclic) bond motifs is 1. The molecule has 0 saturated carbocycles. The molecule has 37 heavy (non-hydrogen) atoms. The number of nitrogens with one attached hydrogen (secondary N) is 1. The largest absolute Gasteiger partial charge is 0.378 e. The lowest BCUT2D eigenvalue weighted by molar-refractivity contribution is -0.130. The van der Waals surface area contributed by atoms with Crippen molar-refractivity contribution >= 4 is 28.5 Å². The number of halogens is 1. The van der Waals surface area contributed by atoms with E-state index < -0.39 is 11.7 Å². The van der Waals surface area contributed by atoms with Gasteiger partial charge in [0.15, 0.2) is 0 Å². The molecular weight excluding hydrogens is 475 g/mol. The topological polar surface area (TPSA) is 86.0 Å². The standard InChI is InChI=1S/C28H31FN4O4/c1-18-16-33(19(2)15-32(18)17-20-3-6-22(29)7-4-20)27(35)24-14-30-25-8-5-21(13-23(24)25)26(34)28(36)31-9-11-37-12-10-31/h3-8,13-14,18-19,30H,9-12,15-17H2,1-2H3/t18-,19+/m0/s1. The molecule has 3 aromatic rings. The molecule has 0 aliphatic carbocycles. The normalized spacial score (nSPS) is 20.8. The van der Waals surface area contributed by atoms with E-state index in [0.717, 1.165) is 11.1 Å². The van der Waals surface area contributed by atoms with Crippen LogP contribution in [0.5, 0.6) is 0 Å². The van der Waals surface area contributed by atoms with Gasteiger partial charge in [0.25, 0.3) is 11.8 Å². The van der Waals surface area contributed by atoms with E-state index >= 15 is 0 Å². The Morgan fingerprint density at radius 2 is 1.73 bits per heavy atom. The van der Waals surface area contributed by atoms with Crippen molar-refractivity contribution in [3.05, 3.63) is 71.2 Å². The highest BCUT2D eigenvalue weighted by Crippen LogP contribution is 2.26. The van der Waals surface area contributed by atoms with E-state index in [9.17, 15) is 18.8 Å². The molecule has 0 spiro atoms. The molecule has 2 aliphatic heterocycles. The fraction of sp³-hybridized carbons (Fsp3) is 0.393. The monoisotopic (exact) mass is 506 g/mol. The number of carbonyl (C=O) groups is 3. The maximum atomic E-state index is 13.7. The molecule has 2 amide bonds. The number of hydrogen-bond acceptors (Lipinski definition) is 5. The number of morpholine rings is 1. The lowest BCUT2D eigenvalue weighted by Gasteiger charge is -2.44. The summed E-state index contributed by atoms with van der Waals surface area (Å²) in [5.41, 5.74) is 2.51. The third-order valence-corrected chi connectivity index (χ3v) is 7.34. The van der Waals surface area contributed by atoms with Crippen LogP contribution in [-0.2, 0) is 16.1 Å². The highest BCUT2D eigenvalue weighted by atomic mass is 19.1. The average Bonchev–Trinajstić information content (AvgIpc) is 3.34. The Morgan fingerprint density at radius 3 is 2.46 bits per heavy atom. The Hall–Kier alpha value is -3.56. The van der Waals surface area contributed by atoms with Gasteiger partial charge < -0.3 is 19.5 Å². The summed E-state index contributed by atoms with van der Waals surface area (Å²) in [7, 11) is 0. The zero-order valence-electron chi connectivity index (χ0n) is 21.1. The van der Waals surface area contributed by atoms with Crippen LogP contribution in [0.2, 0.25) is 0 Å². The maximum Gasteiger partial charge on any atom is 0.295 e. The minimum absolute atomic E-state index is 0.0400. The molecule has 5 rings (SSSR count). The first-order valence-electron chi connectivity index (χ1n) is 12.6. The van der Waals surface area contributed by atoms with Crippen molar-refractivity contribution in [2.24, 2.45) is 0 Å². The van der Waals surface area contributed by atoms with E-state index in [0.29, 0.717) is 56.9 Å². The van der Waals surface area contributed by atoms with E-state index in [1.165, 1.54) is 17.0 Å². The van der Waals surface area contributed by atoms with Crippen LogP contribution in [0.15, 0.2) is 48.7 Å². The number of amides is 2. The molecule has 1 aromatic heterocycles. The van der Waals surface area contributed by atoms with Gasteiger partial charge in [-0.3, -0.25) is 19.3 Å². The highest BCUT2D eigenvalue weighted by molar-refractivity contribution is 6.43. The smallest absolute Gasteiger partial charge is 0.295 e. The van der Waals surface area contributed by atoms with Crippen LogP contribution in [0, 0.1) is 5.82 Å². The van der Waals surface area contributed by atoms with Gasteiger partial charge in [0.1, 0.15) is 5.82 Å². The van der Waals surface area contributed by atoms with Crippen LogP contribution in [0.4, 0.5) is 4.39 Å². The lowest BCUT2D eigenvalue weighted by Crippen LogP contribution is -2.57. The summed E-state index contributed by atoms with van der Waals surface area (Å²) in [5.74, 6) is -1.50. The Balaban J connectivity index is 1.32. The van der Waals surface area contributed by atoms with Crippen molar-refractivity contribution in [1.82, 2.24) is 19.7 Å². The van der Waals surface area contributed by atoms with E-state index in [-0.39, 0.29) is 29.4 Å². The van der Waals surface area contributed by atoms with Crippen LogP contribution < -0.4 is 0 Å². The van der Waals surface area contributed by atoms with Crippen LogP contribution in [0.25, 0.3) is 10.9 Å². The van der Waals surface area contributed by atoms with Crippen molar-refractivity contribution in [3.8, 4) is 0 Å². The predicted molar refractivity (Wildman–Crippen MR) is 137 cm³/mol. The molecule has 2 fully saturated rings. The third-order valence-electron chi connectivity index (χ3n) is 7.34. The van der Waals surface area contributed by atoms with E-state index in [4.69, 9.17) is 4.74 Å². The zero-order valence-corrected chi connectivity index (χ0v) is 21.1. The number of benzene rings is 2. The van der Waals surface area contributed by atoms with Gasteiger partial charge in [0.2, 0.25) is 5.78 Å². The number of carbonyl (C=O) groups excluding carboxylic acids is 3. The van der Waals surface area contributed by atoms with Crippen LogP contribution >= 0.6 is 0 Å². The summed E-state index contributed by atoms with van der Waals surface area (Å²) in [4.78, 5) is 48.1. The van der Waals surface area contributed by atoms with Gasteiger partial charge in [0, 0.05) is 67.5 Å². The highest BCUT2D eigenvalue weighted by Gasteiger charge is 2.33. The van der Waals surface area contributed by atoms with Gasteiger partial charge in [-0.05, 0) is 49.7 Å². The van der Waals surface area contributed by atoms with Crippen molar-refractivity contribution in [2.75, 3.05) is 39.4 Å². The Bertz CT molecular complexity index is 1320. The molecule has 1 N–H and O–H groups in total. The van der Waals surface area contributed by atoms with E-state index in [1.54, 1.807) is 36.5 Å². The number of ether oxygens (including phenoxy) is 1. The second-order valence-electron chi connectivity index (χ2n) is 9.91. The molecule has 0 unspecified atom stereocenters. The summed E-state index contributed by atoms with van der Waals surface area (Å²) < 4.78 is 18.6. The van der Waals surface area contributed by atoms with Crippen molar-refractivity contribution in [1.29, 1.82) is 0 Å². The first-order valence-corrected chi connectivity index (χ1v) is 12.6. The van der Waals surface area contributed by atoms with Crippen LogP contribution in [0.1, 0.15) is 40.1 Å². The van der Waals surface area contributed by atoms with Crippen molar-refractivity contribution < 1.29 is 23.5 Å². The number of nitrogens with zero attached hydrogens (tertiary/aromatic N) is 3. The van der Waals surface area contributed by atoms with Crippen molar-refractivity contribution in [3.63, 3.8) is 0 Å². The number of aromatic amines is 1. The maximum absolute atomic E-state index is 13.7. The van der Waals surface area contributed by atoms with Gasteiger partial charge in [0.05, 0.1) is 18.8 Å². The van der Waals surface area contributed by atoms with Crippen LogP contribution in [-0.4, -0.2) is 88.8 Å². The molecule has 3 heterocycles. The number of ketones is 1. The summed E-state index contributed by atoms with van der Waals surface area (Å²) in [6, 6.07) is 11.6. The molecule has 9 heteroatoms. The summed E-state index contributed by atoms with van der Waals surface area (Å²) in [5, 5.41) is 0.624. The molecule has 2 saturated heterocycles. The lowest BCUT2D eigenvalue weighted by atomic mass is 10.0. The van der Waals surface area contributed by atoms with Gasteiger partial charge in [-0.2, -0.15) is 0 Å². The predicted octanol–water partition coefficient (Wildman–Crippen LogP) is 3.08. The number of piperazine rings is 1. The zero-order chi connectivity index (χ0) is 26.1. The quantitative estimate of drug-likeness (QED) is 0.425. The molecular formula is C28H31FN4O4. The minimum Gasteiger partial charge on any atom is -0.378 e. The van der Waals surface area contributed by atoms with Gasteiger partial charge in [-0.25, -0.2) is 4.39 Å². The average molecular weight is 507 g/mol. The SMILES string of the molecule is C[C@@H]1CN(Cc2ccc(F)cc2)[C@@H](C)CN1C(=O)c1c[nH]c2ccc(C(=O)C(=O)N3CCOCC3)cc12. The summed E-state index contributed by atoms with van der Waals surface area (Å²) in [6.07, 6.45) is 1.67. The summed E-state index contributed by atoms with van der Waals surface area (Å²) in [6.45, 7) is 7.64. The Kier molecular flexibility index (Phi) is 7.08. The number of aromatic nitrogens is 1. The second kappa shape index (κ2) is 10.4. The number of hydrogen-bond donors (Lipinski definition) is 1. The van der Waals surface area contributed by atoms with E-state index in [1.807, 2.05) is 11.8 Å². The van der Waals surface area contributed by atoms with Gasteiger partial charge in [-0.1, -0.05) is 12.1 Å². The minimum atomic E-state index is -0.584. The number of H-pyrrole nitrogens is 1. The molecule has 2 aliphatic rings. The Labute approximate surface area is 215 Å².